The quantitative estimate of drug-likeness (QED) is 0.762. The number of nitrogens with one attached hydrogen (secondary N) is 1. The lowest BCUT2D eigenvalue weighted by Gasteiger charge is -2.14. The van der Waals surface area contributed by atoms with Crippen LogP contribution in [0.15, 0.2) is 24.3 Å². The molecule has 1 heterocycles. The maximum Gasteiger partial charge on any atom is 0.323 e. The standard InChI is InChI=1S/C13H17NO2/c1-2-16-13(15)12-9-11-6-4-3-5-10(11)7-8-14-12/h3-6,12,14H,2,7-9H2,1H3. The van der Waals surface area contributed by atoms with Gasteiger partial charge >= 0.3 is 5.97 Å². The maximum atomic E-state index is 11.7. The summed E-state index contributed by atoms with van der Waals surface area (Å²) in [4.78, 5) is 11.7. The van der Waals surface area contributed by atoms with E-state index in [4.69, 9.17) is 4.74 Å². The van der Waals surface area contributed by atoms with E-state index in [2.05, 4.69) is 17.4 Å². The van der Waals surface area contributed by atoms with Gasteiger partial charge in [0.15, 0.2) is 0 Å². The van der Waals surface area contributed by atoms with E-state index in [0.29, 0.717) is 6.61 Å². The average molecular weight is 219 g/mol. The summed E-state index contributed by atoms with van der Waals surface area (Å²) in [7, 11) is 0. The SMILES string of the molecule is CCOC(=O)C1Cc2ccccc2CCN1. The van der Waals surface area contributed by atoms with Crippen molar-refractivity contribution in [1.29, 1.82) is 0 Å². The van der Waals surface area contributed by atoms with Crippen LogP contribution in [0.25, 0.3) is 0 Å². The highest BCUT2D eigenvalue weighted by Crippen LogP contribution is 2.15. The van der Waals surface area contributed by atoms with Crippen molar-refractivity contribution in [3.05, 3.63) is 35.4 Å². The number of ether oxygens (including phenoxy) is 1. The van der Waals surface area contributed by atoms with Crippen LogP contribution in [0, 0.1) is 0 Å². The van der Waals surface area contributed by atoms with E-state index in [1.807, 2.05) is 19.1 Å². The van der Waals surface area contributed by atoms with Crippen LogP contribution in [0.1, 0.15) is 18.1 Å². The van der Waals surface area contributed by atoms with Crippen molar-refractivity contribution >= 4 is 5.97 Å². The largest absolute Gasteiger partial charge is 0.465 e. The van der Waals surface area contributed by atoms with Crippen molar-refractivity contribution in [3.63, 3.8) is 0 Å². The number of rotatable bonds is 2. The van der Waals surface area contributed by atoms with Gasteiger partial charge in [0.1, 0.15) is 6.04 Å². The molecule has 0 aromatic heterocycles. The molecule has 0 saturated heterocycles. The van der Waals surface area contributed by atoms with Crippen LogP contribution in [-0.2, 0) is 22.4 Å². The Morgan fingerprint density at radius 2 is 2.19 bits per heavy atom. The highest BCUT2D eigenvalue weighted by atomic mass is 16.5. The second-order valence-electron chi connectivity index (χ2n) is 3.98. The lowest BCUT2D eigenvalue weighted by atomic mass is 10.0. The summed E-state index contributed by atoms with van der Waals surface area (Å²) in [6, 6.07) is 8.10. The molecule has 1 atom stereocenters. The molecule has 86 valence electrons. The molecule has 3 nitrogen and oxygen atoms in total. The van der Waals surface area contributed by atoms with Gasteiger partial charge in [0.2, 0.25) is 0 Å². The second-order valence-corrected chi connectivity index (χ2v) is 3.98. The van der Waals surface area contributed by atoms with Crippen molar-refractivity contribution in [1.82, 2.24) is 5.32 Å². The van der Waals surface area contributed by atoms with Gasteiger partial charge in [-0.2, -0.15) is 0 Å². The first-order valence-corrected chi connectivity index (χ1v) is 5.78. The van der Waals surface area contributed by atoms with Crippen LogP contribution in [-0.4, -0.2) is 25.2 Å². The van der Waals surface area contributed by atoms with E-state index >= 15 is 0 Å². The van der Waals surface area contributed by atoms with Gasteiger partial charge in [-0.05, 0) is 37.4 Å². The minimum Gasteiger partial charge on any atom is -0.465 e. The van der Waals surface area contributed by atoms with Crippen LogP contribution in [0.3, 0.4) is 0 Å². The summed E-state index contributed by atoms with van der Waals surface area (Å²) >= 11 is 0. The lowest BCUT2D eigenvalue weighted by molar-refractivity contribution is -0.145. The van der Waals surface area contributed by atoms with E-state index in [9.17, 15) is 4.79 Å². The molecule has 0 saturated carbocycles. The Labute approximate surface area is 95.8 Å². The van der Waals surface area contributed by atoms with Gasteiger partial charge in [0.25, 0.3) is 0 Å². The molecule has 1 aliphatic heterocycles. The molecular formula is C13H17NO2. The van der Waals surface area contributed by atoms with Gasteiger partial charge in [-0.3, -0.25) is 4.79 Å². The zero-order chi connectivity index (χ0) is 11.4. The van der Waals surface area contributed by atoms with Crippen LogP contribution in [0.2, 0.25) is 0 Å². The van der Waals surface area contributed by atoms with Gasteiger partial charge in [-0.1, -0.05) is 24.3 Å². The summed E-state index contributed by atoms with van der Waals surface area (Å²) in [6.07, 6.45) is 1.71. The Morgan fingerprint density at radius 1 is 1.44 bits per heavy atom. The Morgan fingerprint density at radius 3 is 2.94 bits per heavy atom. The molecule has 16 heavy (non-hydrogen) atoms. The van der Waals surface area contributed by atoms with Gasteiger partial charge in [-0.25, -0.2) is 0 Å². The van der Waals surface area contributed by atoms with Crippen molar-refractivity contribution in [2.24, 2.45) is 0 Å². The first-order valence-electron chi connectivity index (χ1n) is 5.78. The molecule has 1 aromatic carbocycles. The minimum atomic E-state index is -0.191. The fraction of sp³-hybridized carbons (Fsp3) is 0.462. The van der Waals surface area contributed by atoms with Crippen molar-refractivity contribution in [2.45, 2.75) is 25.8 Å². The number of hydrogen-bond acceptors (Lipinski definition) is 3. The van der Waals surface area contributed by atoms with Crippen molar-refractivity contribution < 1.29 is 9.53 Å². The van der Waals surface area contributed by atoms with Gasteiger partial charge < -0.3 is 10.1 Å². The highest BCUT2D eigenvalue weighted by Gasteiger charge is 2.22. The normalized spacial score (nSPS) is 19.7. The number of carbonyl (C=O) groups excluding carboxylic acids is 1. The fourth-order valence-corrected chi connectivity index (χ4v) is 2.08. The van der Waals surface area contributed by atoms with E-state index in [1.165, 1.54) is 11.1 Å². The molecule has 0 amide bonds. The molecule has 1 N–H and O–H groups in total. The molecular weight excluding hydrogens is 202 g/mol. The average Bonchev–Trinajstić information content (AvgIpc) is 2.51. The van der Waals surface area contributed by atoms with Gasteiger partial charge in [0, 0.05) is 0 Å². The zero-order valence-electron chi connectivity index (χ0n) is 9.53. The topological polar surface area (TPSA) is 38.3 Å². The molecule has 0 spiro atoms. The smallest absolute Gasteiger partial charge is 0.323 e. The third kappa shape index (κ3) is 2.42. The summed E-state index contributed by atoms with van der Waals surface area (Å²) in [5.41, 5.74) is 2.59. The molecule has 2 rings (SSSR count). The van der Waals surface area contributed by atoms with E-state index < -0.39 is 0 Å². The Kier molecular flexibility index (Phi) is 3.57. The highest BCUT2D eigenvalue weighted by molar-refractivity contribution is 5.76. The van der Waals surface area contributed by atoms with Gasteiger partial charge in [0.05, 0.1) is 6.61 Å². The monoisotopic (exact) mass is 219 g/mol. The van der Waals surface area contributed by atoms with Crippen LogP contribution >= 0.6 is 0 Å². The number of esters is 1. The predicted octanol–water partition coefficient (Wildman–Crippen LogP) is 1.31. The van der Waals surface area contributed by atoms with Crippen molar-refractivity contribution in [2.75, 3.05) is 13.2 Å². The second kappa shape index (κ2) is 5.12. The number of hydrogen-bond donors (Lipinski definition) is 1. The number of carbonyl (C=O) groups is 1. The summed E-state index contributed by atoms with van der Waals surface area (Å²) < 4.78 is 5.05. The Balaban J connectivity index is 2.13. The van der Waals surface area contributed by atoms with E-state index in [1.54, 1.807) is 0 Å². The molecule has 0 radical (unpaired) electrons. The fourth-order valence-electron chi connectivity index (χ4n) is 2.08. The summed E-state index contributed by atoms with van der Waals surface area (Å²) in [5, 5.41) is 3.24. The maximum absolute atomic E-state index is 11.7. The zero-order valence-corrected chi connectivity index (χ0v) is 9.53. The minimum absolute atomic E-state index is 0.140. The number of benzene rings is 1. The summed E-state index contributed by atoms with van der Waals surface area (Å²) in [6.45, 7) is 3.11. The first-order chi connectivity index (χ1) is 7.81. The predicted molar refractivity (Wildman–Crippen MR) is 62.3 cm³/mol. The Hall–Kier alpha value is -1.35. The van der Waals surface area contributed by atoms with E-state index in [-0.39, 0.29) is 12.0 Å². The lowest BCUT2D eigenvalue weighted by Crippen LogP contribution is -2.39. The molecule has 1 unspecified atom stereocenters. The number of fused-ring (bicyclic) bond motifs is 1. The molecule has 0 aliphatic carbocycles. The van der Waals surface area contributed by atoms with Crippen LogP contribution in [0.4, 0.5) is 0 Å². The molecule has 1 aromatic rings. The van der Waals surface area contributed by atoms with Crippen LogP contribution in [0.5, 0.6) is 0 Å². The summed E-state index contributed by atoms with van der Waals surface area (Å²) in [5.74, 6) is -0.140. The third-order valence-electron chi connectivity index (χ3n) is 2.90. The molecule has 3 heteroatoms. The first kappa shape index (κ1) is 11.1. The molecule has 0 bridgehead atoms. The third-order valence-corrected chi connectivity index (χ3v) is 2.90. The van der Waals surface area contributed by atoms with Crippen molar-refractivity contribution in [3.8, 4) is 0 Å². The van der Waals surface area contributed by atoms with Crippen LogP contribution < -0.4 is 5.32 Å². The molecule has 1 aliphatic rings. The van der Waals surface area contributed by atoms with Gasteiger partial charge in [-0.15, -0.1) is 0 Å². The Bertz CT molecular complexity index is 376. The molecule has 0 fully saturated rings. The van der Waals surface area contributed by atoms with E-state index in [0.717, 1.165) is 19.4 Å².